The van der Waals surface area contributed by atoms with E-state index in [9.17, 15) is 4.79 Å². The predicted molar refractivity (Wildman–Crippen MR) is 112 cm³/mol. The van der Waals surface area contributed by atoms with Crippen LogP contribution in [-0.4, -0.2) is 15.3 Å². The Kier molecular flexibility index (Phi) is 5.00. The summed E-state index contributed by atoms with van der Waals surface area (Å²) < 4.78 is 1.81. The predicted octanol–water partition coefficient (Wildman–Crippen LogP) is 5.30. The minimum absolute atomic E-state index is 0.0789. The second kappa shape index (κ2) is 7.41. The molecule has 0 spiro atoms. The lowest BCUT2D eigenvalue weighted by Gasteiger charge is -2.14. The molecular formula is C21H22N2OS2. The zero-order valence-corrected chi connectivity index (χ0v) is 16.6. The summed E-state index contributed by atoms with van der Waals surface area (Å²) in [5.41, 5.74) is 3.34. The molecule has 134 valence electrons. The third-order valence-electron chi connectivity index (χ3n) is 4.89. The zero-order chi connectivity index (χ0) is 18.1. The monoisotopic (exact) mass is 382 g/mol. The summed E-state index contributed by atoms with van der Waals surface area (Å²) in [7, 11) is 0. The van der Waals surface area contributed by atoms with Crippen LogP contribution in [0.3, 0.4) is 0 Å². The van der Waals surface area contributed by atoms with E-state index in [2.05, 4.69) is 6.58 Å². The molecule has 26 heavy (non-hydrogen) atoms. The molecule has 5 heteroatoms. The summed E-state index contributed by atoms with van der Waals surface area (Å²) >= 11 is 3.29. The summed E-state index contributed by atoms with van der Waals surface area (Å²) in [6.07, 6.45) is 7.55. The molecule has 0 unspecified atom stereocenters. The summed E-state index contributed by atoms with van der Waals surface area (Å²) in [5, 5.41) is 1.60. The molecule has 3 nitrogen and oxygen atoms in total. The number of rotatable bonds is 4. The standard InChI is InChI=1S/C21H22N2OS2/c1-3-13-25-21-22-19-18(15-10-5-4-6-12-17(15)26-19)20(24)23(21)16-11-8-7-9-14(16)2/h3,7-9,11H,1,4-6,10,12-13H2,2H3. The fraction of sp³-hybridized carbons (Fsp3) is 0.333. The van der Waals surface area contributed by atoms with Gasteiger partial charge in [-0.1, -0.05) is 42.5 Å². The molecule has 0 saturated heterocycles. The van der Waals surface area contributed by atoms with E-state index in [1.54, 1.807) is 23.1 Å². The molecule has 2 aromatic heterocycles. The van der Waals surface area contributed by atoms with E-state index in [0.717, 1.165) is 51.6 Å². The maximum absolute atomic E-state index is 13.6. The number of nitrogens with zero attached hydrogens (tertiary/aromatic N) is 2. The van der Waals surface area contributed by atoms with Crippen molar-refractivity contribution in [2.24, 2.45) is 0 Å². The van der Waals surface area contributed by atoms with Gasteiger partial charge in [0.1, 0.15) is 4.83 Å². The first-order valence-electron chi connectivity index (χ1n) is 9.07. The van der Waals surface area contributed by atoms with Gasteiger partial charge in [0.15, 0.2) is 5.16 Å². The zero-order valence-electron chi connectivity index (χ0n) is 15.0. The third kappa shape index (κ3) is 3.03. The van der Waals surface area contributed by atoms with Crippen molar-refractivity contribution in [3.8, 4) is 5.69 Å². The maximum atomic E-state index is 13.6. The van der Waals surface area contributed by atoms with Crippen molar-refractivity contribution < 1.29 is 0 Å². The quantitative estimate of drug-likeness (QED) is 0.266. The van der Waals surface area contributed by atoms with Crippen molar-refractivity contribution in [2.75, 3.05) is 5.75 Å². The van der Waals surface area contributed by atoms with Gasteiger partial charge in [0, 0.05) is 10.6 Å². The Balaban J connectivity index is 2.02. The van der Waals surface area contributed by atoms with Gasteiger partial charge in [0.2, 0.25) is 0 Å². The van der Waals surface area contributed by atoms with Crippen LogP contribution in [0.15, 0.2) is 46.9 Å². The molecule has 0 atom stereocenters. The smallest absolute Gasteiger partial charge is 0.267 e. The lowest BCUT2D eigenvalue weighted by atomic mass is 10.1. The Morgan fingerprint density at radius 2 is 2.08 bits per heavy atom. The molecule has 0 aliphatic heterocycles. The summed E-state index contributed by atoms with van der Waals surface area (Å²) in [6, 6.07) is 8.04. The lowest BCUT2D eigenvalue weighted by Crippen LogP contribution is -2.22. The fourth-order valence-electron chi connectivity index (χ4n) is 3.62. The number of hydrogen-bond donors (Lipinski definition) is 0. The van der Waals surface area contributed by atoms with Gasteiger partial charge in [-0.25, -0.2) is 4.98 Å². The molecule has 0 fully saturated rings. The number of thioether (sulfide) groups is 1. The molecule has 1 aromatic carbocycles. The first-order valence-corrected chi connectivity index (χ1v) is 10.9. The Morgan fingerprint density at radius 3 is 2.88 bits per heavy atom. The van der Waals surface area contributed by atoms with Crippen LogP contribution < -0.4 is 5.56 Å². The van der Waals surface area contributed by atoms with Crippen LogP contribution in [0.5, 0.6) is 0 Å². The van der Waals surface area contributed by atoms with Crippen LogP contribution >= 0.6 is 23.1 Å². The molecule has 1 aliphatic rings. The van der Waals surface area contributed by atoms with Gasteiger partial charge in [0.25, 0.3) is 5.56 Å². The average Bonchev–Trinajstić information content (AvgIpc) is 2.82. The summed E-state index contributed by atoms with van der Waals surface area (Å²) in [6.45, 7) is 5.85. The number of thiophene rings is 1. The highest BCUT2D eigenvalue weighted by atomic mass is 32.2. The molecule has 0 bridgehead atoms. The number of para-hydroxylation sites is 1. The van der Waals surface area contributed by atoms with Crippen molar-refractivity contribution in [1.29, 1.82) is 0 Å². The first-order chi connectivity index (χ1) is 12.7. The van der Waals surface area contributed by atoms with Crippen LogP contribution in [-0.2, 0) is 12.8 Å². The normalized spacial score (nSPS) is 14.2. The van der Waals surface area contributed by atoms with Gasteiger partial charge in [-0.05, 0) is 49.8 Å². The number of aromatic nitrogens is 2. The largest absolute Gasteiger partial charge is 0.268 e. The minimum Gasteiger partial charge on any atom is -0.268 e. The maximum Gasteiger partial charge on any atom is 0.267 e. The summed E-state index contributed by atoms with van der Waals surface area (Å²) in [4.78, 5) is 20.8. The van der Waals surface area contributed by atoms with Crippen molar-refractivity contribution in [3.05, 3.63) is 63.3 Å². The molecule has 0 saturated carbocycles. The molecule has 1 aliphatic carbocycles. The second-order valence-corrected chi connectivity index (χ2v) is 8.74. The average molecular weight is 383 g/mol. The van der Waals surface area contributed by atoms with E-state index < -0.39 is 0 Å². The van der Waals surface area contributed by atoms with E-state index in [-0.39, 0.29) is 5.56 Å². The Hall–Kier alpha value is -1.85. The second-order valence-electron chi connectivity index (χ2n) is 6.67. The molecule has 0 N–H and O–H groups in total. The topological polar surface area (TPSA) is 34.9 Å². The van der Waals surface area contributed by atoms with Crippen molar-refractivity contribution >= 4 is 33.3 Å². The van der Waals surface area contributed by atoms with Crippen molar-refractivity contribution in [2.45, 2.75) is 44.2 Å². The number of benzene rings is 1. The lowest BCUT2D eigenvalue weighted by molar-refractivity contribution is 0.713. The van der Waals surface area contributed by atoms with Crippen LogP contribution in [0.25, 0.3) is 15.9 Å². The highest BCUT2D eigenvalue weighted by Crippen LogP contribution is 2.34. The molecule has 0 radical (unpaired) electrons. The van der Waals surface area contributed by atoms with E-state index in [1.807, 2.05) is 41.8 Å². The van der Waals surface area contributed by atoms with Crippen LogP contribution in [0.2, 0.25) is 0 Å². The highest BCUT2D eigenvalue weighted by Gasteiger charge is 2.22. The number of fused-ring (bicyclic) bond motifs is 3. The van der Waals surface area contributed by atoms with E-state index in [1.165, 1.54) is 23.3 Å². The van der Waals surface area contributed by atoms with Gasteiger partial charge < -0.3 is 0 Å². The van der Waals surface area contributed by atoms with Gasteiger partial charge >= 0.3 is 0 Å². The van der Waals surface area contributed by atoms with Gasteiger partial charge in [-0.3, -0.25) is 9.36 Å². The molecule has 0 amide bonds. The molecule has 4 rings (SSSR count). The highest BCUT2D eigenvalue weighted by molar-refractivity contribution is 7.99. The third-order valence-corrected chi connectivity index (χ3v) is 7.01. The van der Waals surface area contributed by atoms with Gasteiger partial charge in [-0.15, -0.1) is 17.9 Å². The Morgan fingerprint density at radius 1 is 1.27 bits per heavy atom. The molecular weight excluding hydrogens is 360 g/mol. The van der Waals surface area contributed by atoms with E-state index in [4.69, 9.17) is 4.98 Å². The first kappa shape index (κ1) is 17.6. The fourth-order valence-corrected chi connectivity index (χ4v) is 5.66. The van der Waals surface area contributed by atoms with Crippen molar-refractivity contribution in [3.63, 3.8) is 0 Å². The van der Waals surface area contributed by atoms with Gasteiger partial charge in [-0.2, -0.15) is 0 Å². The SMILES string of the molecule is C=CCSc1nc2sc3c(c2c(=O)n1-c1ccccc1C)CCCCC3. The Bertz CT molecular complexity index is 1030. The number of aryl methyl sites for hydroxylation is 3. The molecule has 3 aromatic rings. The minimum atomic E-state index is 0.0789. The van der Waals surface area contributed by atoms with Crippen LogP contribution in [0.4, 0.5) is 0 Å². The molecule has 2 heterocycles. The number of hydrogen-bond acceptors (Lipinski definition) is 4. The van der Waals surface area contributed by atoms with E-state index >= 15 is 0 Å². The van der Waals surface area contributed by atoms with Crippen molar-refractivity contribution in [1.82, 2.24) is 9.55 Å². The summed E-state index contributed by atoms with van der Waals surface area (Å²) in [5.74, 6) is 0.731. The van der Waals surface area contributed by atoms with E-state index in [0.29, 0.717) is 0 Å². The van der Waals surface area contributed by atoms with Gasteiger partial charge in [0.05, 0.1) is 11.1 Å². The van der Waals surface area contributed by atoms with Crippen LogP contribution in [0, 0.1) is 6.92 Å². The van der Waals surface area contributed by atoms with Crippen LogP contribution in [0.1, 0.15) is 35.3 Å². The Labute approximate surface area is 161 Å².